The number of nitrogens with two attached hydrogens (primary N) is 1. The molecule has 0 fully saturated rings. The minimum atomic E-state index is 0.710. The third-order valence-corrected chi connectivity index (χ3v) is 3.37. The molecule has 3 N–H and O–H groups in total. The molecule has 0 bridgehead atoms. The zero-order valence-electron chi connectivity index (χ0n) is 11.4. The Balaban J connectivity index is 1.90. The monoisotopic (exact) mass is 263 g/mol. The van der Waals surface area contributed by atoms with Gasteiger partial charge in [-0.3, -0.25) is 4.98 Å². The van der Waals surface area contributed by atoms with Gasteiger partial charge in [-0.05, 0) is 24.6 Å². The van der Waals surface area contributed by atoms with Crippen LogP contribution in [0.2, 0.25) is 0 Å². The van der Waals surface area contributed by atoms with E-state index in [4.69, 9.17) is 5.73 Å². The number of nitrogen functional groups attached to an aromatic ring is 1. The van der Waals surface area contributed by atoms with E-state index in [1.54, 1.807) is 6.20 Å². The smallest absolute Gasteiger partial charge is 0.0951 e. The van der Waals surface area contributed by atoms with E-state index in [1.165, 1.54) is 11.1 Å². The molecule has 0 saturated heterocycles. The molecule has 0 aliphatic rings. The Morgan fingerprint density at radius 3 is 2.80 bits per heavy atom. The van der Waals surface area contributed by atoms with Crippen LogP contribution in [-0.4, -0.2) is 4.98 Å². The number of anilines is 2. The average molecular weight is 263 g/mol. The van der Waals surface area contributed by atoms with Gasteiger partial charge in [0.1, 0.15) is 0 Å². The van der Waals surface area contributed by atoms with Gasteiger partial charge in [-0.1, -0.05) is 42.0 Å². The van der Waals surface area contributed by atoms with Crippen molar-refractivity contribution in [3.8, 4) is 0 Å². The fourth-order valence-electron chi connectivity index (χ4n) is 2.37. The van der Waals surface area contributed by atoms with E-state index in [0.29, 0.717) is 5.69 Å². The number of rotatable bonds is 3. The molecule has 3 nitrogen and oxygen atoms in total. The Bertz CT molecular complexity index is 750. The Morgan fingerprint density at radius 2 is 1.95 bits per heavy atom. The summed E-state index contributed by atoms with van der Waals surface area (Å²) in [5, 5.41) is 4.52. The molecule has 0 spiro atoms. The van der Waals surface area contributed by atoms with E-state index in [9.17, 15) is 0 Å². The van der Waals surface area contributed by atoms with Crippen molar-refractivity contribution in [3.63, 3.8) is 0 Å². The maximum Gasteiger partial charge on any atom is 0.0951 e. The van der Waals surface area contributed by atoms with Gasteiger partial charge in [-0.15, -0.1) is 0 Å². The molecule has 20 heavy (non-hydrogen) atoms. The first-order valence-corrected chi connectivity index (χ1v) is 6.66. The number of para-hydroxylation sites is 1. The van der Waals surface area contributed by atoms with Crippen LogP contribution in [0.25, 0.3) is 10.9 Å². The van der Waals surface area contributed by atoms with E-state index in [1.807, 2.05) is 24.3 Å². The normalized spacial score (nSPS) is 10.7. The summed E-state index contributed by atoms with van der Waals surface area (Å²) in [6.45, 7) is 2.89. The van der Waals surface area contributed by atoms with Crippen molar-refractivity contribution in [1.82, 2.24) is 4.98 Å². The van der Waals surface area contributed by atoms with E-state index < -0.39 is 0 Å². The maximum absolute atomic E-state index is 5.96. The topological polar surface area (TPSA) is 50.9 Å². The van der Waals surface area contributed by atoms with Crippen LogP contribution in [0.4, 0.5) is 11.4 Å². The third kappa shape index (κ3) is 2.43. The number of hydrogen-bond acceptors (Lipinski definition) is 3. The van der Waals surface area contributed by atoms with Crippen molar-refractivity contribution in [2.24, 2.45) is 0 Å². The van der Waals surface area contributed by atoms with Gasteiger partial charge >= 0.3 is 0 Å². The average Bonchev–Trinajstić information content (AvgIpc) is 2.46. The summed E-state index contributed by atoms with van der Waals surface area (Å²) >= 11 is 0. The molecule has 1 heterocycles. The molecule has 3 heteroatoms. The molecular weight excluding hydrogens is 246 g/mol. The second-order valence-electron chi connectivity index (χ2n) is 4.94. The van der Waals surface area contributed by atoms with Crippen LogP contribution < -0.4 is 11.1 Å². The fourth-order valence-corrected chi connectivity index (χ4v) is 2.37. The predicted molar refractivity (Wildman–Crippen MR) is 84.7 cm³/mol. The van der Waals surface area contributed by atoms with Gasteiger partial charge < -0.3 is 11.1 Å². The number of nitrogens with zero attached hydrogens (tertiary/aromatic N) is 1. The molecule has 3 aromatic rings. The highest BCUT2D eigenvalue weighted by Crippen LogP contribution is 2.25. The van der Waals surface area contributed by atoms with Crippen molar-refractivity contribution >= 4 is 22.3 Å². The standard InChI is InChI=1S/C17H17N3/c1-12-4-2-5-13(10-12)11-20-16-8-9-19-17-14(16)6-3-7-15(17)18/h2-10H,11,18H2,1H3,(H,19,20). The Morgan fingerprint density at radius 1 is 1.10 bits per heavy atom. The van der Waals surface area contributed by atoms with Gasteiger partial charge in [0.05, 0.1) is 11.2 Å². The van der Waals surface area contributed by atoms with Gasteiger partial charge in [0.25, 0.3) is 0 Å². The first-order valence-electron chi connectivity index (χ1n) is 6.66. The zero-order valence-corrected chi connectivity index (χ0v) is 11.4. The Kier molecular flexibility index (Phi) is 3.25. The van der Waals surface area contributed by atoms with Gasteiger partial charge in [0, 0.05) is 23.8 Å². The highest BCUT2D eigenvalue weighted by Gasteiger charge is 2.04. The molecular formula is C17H17N3. The molecule has 3 rings (SSSR count). The number of hydrogen-bond donors (Lipinski definition) is 2. The van der Waals surface area contributed by atoms with Crippen LogP contribution in [0, 0.1) is 6.92 Å². The third-order valence-electron chi connectivity index (χ3n) is 3.37. The van der Waals surface area contributed by atoms with Crippen LogP contribution in [0.3, 0.4) is 0 Å². The summed E-state index contributed by atoms with van der Waals surface area (Å²) in [5.74, 6) is 0. The highest BCUT2D eigenvalue weighted by atomic mass is 14.9. The quantitative estimate of drug-likeness (QED) is 0.708. The molecule has 2 aromatic carbocycles. The molecule has 100 valence electrons. The van der Waals surface area contributed by atoms with Gasteiger partial charge in [-0.25, -0.2) is 0 Å². The number of aromatic nitrogens is 1. The lowest BCUT2D eigenvalue weighted by Gasteiger charge is -2.10. The maximum atomic E-state index is 5.96. The van der Waals surface area contributed by atoms with Gasteiger partial charge in [0.15, 0.2) is 0 Å². The molecule has 0 unspecified atom stereocenters. The molecule has 0 aliphatic heterocycles. The largest absolute Gasteiger partial charge is 0.397 e. The van der Waals surface area contributed by atoms with Crippen molar-refractivity contribution in [1.29, 1.82) is 0 Å². The first kappa shape index (κ1) is 12.5. The molecule has 1 aromatic heterocycles. The minimum Gasteiger partial charge on any atom is -0.397 e. The van der Waals surface area contributed by atoms with Crippen molar-refractivity contribution in [2.45, 2.75) is 13.5 Å². The number of pyridine rings is 1. The van der Waals surface area contributed by atoms with Crippen LogP contribution >= 0.6 is 0 Å². The minimum absolute atomic E-state index is 0.710. The Hall–Kier alpha value is -2.55. The van der Waals surface area contributed by atoms with Crippen LogP contribution in [0.5, 0.6) is 0 Å². The lowest BCUT2D eigenvalue weighted by atomic mass is 10.1. The number of aryl methyl sites for hydroxylation is 1. The summed E-state index contributed by atoms with van der Waals surface area (Å²) in [6.07, 6.45) is 1.79. The SMILES string of the molecule is Cc1cccc(CNc2ccnc3c(N)cccc23)c1. The molecule has 0 radical (unpaired) electrons. The zero-order chi connectivity index (χ0) is 13.9. The Labute approximate surface area is 118 Å². The molecule has 0 saturated carbocycles. The lowest BCUT2D eigenvalue weighted by molar-refractivity contribution is 1.14. The van der Waals surface area contributed by atoms with Crippen molar-refractivity contribution < 1.29 is 0 Å². The van der Waals surface area contributed by atoms with E-state index in [0.717, 1.165) is 23.1 Å². The van der Waals surface area contributed by atoms with Crippen LogP contribution in [0.15, 0.2) is 54.7 Å². The van der Waals surface area contributed by atoms with Crippen LogP contribution in [-0.2, 0) is 6.54 Å². The fraction of sp³-hybridized carbons (Fsp3) is 0.118. The van der Waals surface area contributed by atoms with E-state index in [-0.39, 0.29) is 0 Å². The number of fused-ring (bicyclic) bond motifs is 1. The highest BCUT2D eigenvalue weighted by molar-refractivity contribution is 5.97. The van der Waals surface area contributed by atoms with Crippen LogP contribution in [0.1, 0.15) is 11.1 Å². The first-order chi connectivity index (χ1) is 9.74. The second-order valence-corrected chi connectivity index (χ2v) is 4.94. The molecule has 0 atom stereocenters. The number of nitrogens with one attached hydrogen (secondary N) is 1. The predicted octanol–water partition coefficient (Wildman–Crippen LogP) is 3.74. The summed E-state index contributed by atoms with van der Waals surface area (Å²) in [6, 6.07) is 16.3. The summed E-state index contributed by atoms with van der Waals surface area (Å²) < 4.78 is 0. The summed E-state index contributed by atoms with van der Waals surface area (Å²) in [4.78, 5) is 4.35. The van der Waals surface area contributed by atoms with Gasteiger partial charge in [-0.2, -0.15) is 0 Å². The van der Waals surface area contributed by atoms with Gasteiger partial charge in [0.2, 0.25) is 0 Å². The van der Waals surface area contributed by atoms with Crippen molar-refractivity contribution in [2.75, 3.05) is 11.1 Å². The van der Waals surface area contributed by atoms with E-state index >= 15 is 0 Å². The lowest BCUT2D eigenvalue weighted by Crippen LogP contribution is -2.01. The van der Waals surface area contributed by atoms with Crippen molar-refractivity contribution in [3.05, 3.63) is 65.9 Å². The molecule has 0 amide bonds. The van der Waals surface area contributed by atoms with E-state index in [2.05, 4.69) is 41.5 Å². The second kappa shape index (κ2) is 5.21. The number of benzene rings is 2. The summed E-state index contributed by atoms with van der Waals surface area (Å²) in [5.41, 5.74) is 11.1. The molecule has 0 aliphatic carbocycles. The summed E-state index contributed by atoms with van der Waals surface area (Å²) in [7, 11) is 0.